The predicted molar refractivity (Wildman–Crippen MR) is 133 cm³/mol. The standard InChI is InChI=1S/C24H28N4O3S2/c29-23(28-12-10-27(11-13-28)15-19-4-2-1-3-5-19)14-18-6-8-20(9-7-18)25-24-26-21-16-33(30,31)17-22(21)32-24/h1-9,21-22H,10-17H2,(H,25,26)/t21-,22+/m0/s1. The SMILES string of the molecule is O=C(Cc1ccc(NC2=N[C@H]3CS(=O)(=O)C[C@H]3S2)cc1)N1CCN(Cc2ccccc2)CC1. The Labute approximate surface area is 199 Å². The lowest BCUT2D eigenvalue weighted by Crippen LogP contribution is -2.48. The van der Waals surface area contributed by atoms with Gasteiger partial charge in [-0.05, 0) is 23.3 Å². The third-order valence-electron chi connectivity index (χ3n) is 6.35. The van der Waals surface area contributed by atoms with Crippen LogP contribution in [0.5, 0.6) is 0 Å². The van der Waals surface area contributed by atoms with Crippen molar-refractivity contribution in [2.45, 2.75) is 24.3 Å². The van der Waals surface area contributed by atoms with Crippen molar-refractivity contribution in [2.75, 3.05) is 43.0 Å². The molecule has 33 heavy (non-hydrogen) atoms. The van der Waals surface area contributed by atoms with E-state index in [9.17, 15) is 13.2 Å². The van der Waals surface area contributed by atoms with Crippen LogP contribution < -0.4 is 5.32 Å². The molecule has 1 amide bonds. The minimum atomic E-state index is -2.94. The molecule has 0 radical (unpaired) electrons. The topological polar surface area (TPSA) is 82.1 Å². The Morgan fingerprint density at radius 1 is 0.970 bits per heavy atom. The van der Waals surface area contributed by atoms with E-state index in [2.05, 4.69) is 39.5 Å². The Morgan fingerprint density at radius 2 is 1.70 bits per heavy atom. The summed E-state index contributed by atoms with van der Waals surface area (Å²) in [5.74, 6) is 0.524. The highest BCUT2D eigenvalue weighted by atomic mass is 32.2. The average molecular weight is 485 g/mol. The highest BCUT2D eigenvalue weighted by molar-refractivity contribution is 8.15. The van der Waals surface area contributed by atoms with Crippen LogP contribution in [0, 0.1) is 0 Å². The predicted octanol–water partition coefficient (Wildman–Crippen LogP) is 2.25. The number of carbonyl (C=O) groups is 1. The molecule has 2 fully saturated rings. The van der Waals surface area contributed by atoms with Crippen molar-refractivity contribution in [1.29, 1.82) is 0 Å². The smallest absolute Gasteiger partial charge is 0.227 e. The molecule has 0 saturated carbocycles. The zero-order valence-electron chi connectivity index (χ0n) is 18.4. The molecule has 0 unspecified atom stereocenters. The largest absolute Gasteiger partial charge is 0.340 e. The summed E-state index contributed by atoms with van der Waals surface area (Å²) in [6.07, 6.45) is 0.399. The molecular weight excluding hydrogens is 456 g/mol. The molecule has 3 aliphatic heterocycles. The van der Waals surface area contributed by atoms with E-state index in [1.807, 2.05) is 35.2 Å². The molecular formula is C24H28N4O3S2. The Bertz CT molecular complexity index is 1130. The maximum atomic E-state index is 12.8. The Hall–Kier alpha value is -2.36. The summed E-state index contributed by atoms with van der Waals surface area (Å²) in [4.78, 5) is 21.7. The third kappa shape index (κ3) is 5.59. The zero-order chi connectivity index (χ0) is 22.8. The Kier molecular flexibility index (Phi) is 6.44. The van der Waals surface area contributed by atoms with Gasteiger partial charge in [-0.1, -0.05) is 54.2 Å². The van der Waals surface area contributed by atoms with Gasteiger partial charge in [-0.25, -0.2) is 8.42 Å². The maximum Gasteiger partial charge on any atom is 0.227 e. The Morgan fingerprint density at radius 3 is 2.39 bits per heavy atom. The minimum Gasteiger partial charge on any atom is -0.340 e. The number of amidine groups is 1. The molecule has 3 heterocycles. The van der Waals surface area contributed by atoms with Crippen LogP contribution in [0.1, 0.15) is 11.1 Å². The number of amides is 1. The van der Waals surface area contributed by atoms with Gasteiger partial charge in [0.15, 0.2) is 15.0 Å². The lowest BCUT2D eigenvalue weighted by atomic mass is 10.1. The molecule has 2 saturated heterocycles. The molecule has 0 aliphatic carbocycles. The first kappa shape index (κ1) is 22.4. The van der Waals surface area contributed by atoms with E-state index >= 15 is 0 Å². The van der Waals surface area contributed by atoms with Crippen LogP contribution in [-0.4, -0.2) is 78.3 Å². The van der Waals surface area contributed by atoms with E-state index < -0.39 is 9.84 Å². The summed E-state index contributed by atoms with van der Waals surface area (Å²) in [5, 5.41) is 4.09. The molecule has 2 aromatic rings. The number of piperazine rings is 1. The lowest BCUT2D eigenvalue weighted by molar-refractivity contribution is -0.132. The van der Waals surface area contributed by atoms with E-state index in [1.165, 1.54) is 17.3 Å². The molecule has 7 nitrogen and oxygen atoms in total. The number of aliphatic imine (C=N–C) groups is 1. The van der Waals surface area contributed by atoms with Gasteiger partial charge in [0.2, 0.25) is 5.91 Å². The second-order valence-electron chi connectivity index (χ2n) is 8.88. The zero-order valence-corrected chi connectivity index (χ0v) is 20.0. The van der Waals surface area contributed by atoms with Crippen LogP contribution in [0.2, 0.25) is 0 Å². The van der Waals surface area contributed by atoms with Gasteiger partial charge in [0.05, 0.1) is 24.0 Å². The van der Waals surface area contributed by atoms with E-state index in [0.29, 0.717) is 6.42 Å². The number of fused-ring (bicyclic) bond motifs is 1. The summed E-state index contributed by atoms with van der Waals surface area (Å²) in [6.45, 7) is 4.25. The van der Waals surface area contributed by atoms with Crippen molar-refractivity contribution >= 4 is 38.4 Å². The lowest BCUT2D eigenvalue weighted by Gasteiger charge is -2.34. The second kappa shape index (κ2) is 9.48. The van der Waals surface area contributed by atoms with Crippen molar-refractivity contribution in [2.24, 2.45) is 4.99 Å². The van der Waals surface area contributed by atoms with Crippen molar-refractivity contribution in [3.8, 4) is 0 Å². The van der Waals surface area contributed by atoms with Crippen LogP contribution in [0.4, 0.5) is 5.69 Å². The van der Waals surface area contributed by atoms with E-state index in [1.54, 1.807) is 0 Å². The van der Waals surface area contributed by atoms with Gasteiger partial charge < -0.3 is 10.2 Å². The van der Waals surface area contributed by atoms with Crippen LogP contribution in [0.3, 0.4) is 0 Å². The third-order valence-corrected chi connectivity index (χ3v) is 9.49. The molecule has 5 rings (SSSR count). The highest BCUT2D eigenvalue weighted by Gasteiger charge is 2.42. The van der Waals surface area contributed by atoms with Crippen LogP contribution in [0.25, 0.3) is 0 Å². The molecule has 9 heteroatoms. The first-order valence-electron chi connectivity index (χ1n) is 11.3. The van der Waals surface area contributed by atoms with E-state index in [-0.39, 0.29) is 28.7 Å². The summed E-state index contributed by atoms with van der Waals surface area (Å²) >= 11 is 1.51. The second-order valence-corrected chi connectivity index (χ2v) is 12.3. The number of nitrogens with one attached hydrogen (secondary N) is 1. The molecule has 2 aromatic carbocycles. The fourth-order valence-electron chi connectivity index (χ4n) is 4.53. The van der Waals surface area contributed by atoms with Crippen LogP contribution in [0.15, 0.2) is 59.6 Å². The first-order valence-corrected chi connectivity index (χ1v) is 14.0. The number of anilines is 1. The quantitative estimate of drug-likeness (QED) is 0.701. The van der Waals surface area contributed by atoms with E-state index in [0.717, 1.165) is 49.1 Å². The summed E-state index contributed by atoms with van der Waals surface area (Å²) < 4.78 is 23.4. The number of thioether (sulfide) groups is 1. The fourth-order valence-corrected chi connectivity index (χ4v) is 8.20. The molecule has 0 bridgehead atoms. The number of benzene rings is 2. The van der Waals surface area contributed by atoms with Gasteiger partial charge in [-0.3, -0.25) is 14.7 Å². The van der Waals surface area contributed by atoms with Crippen LogP contribution >= 0.6 is 11.8 Å². The molecule has 1 N–H and O–H groups in total. The highest BCUT2D eigenvalue weighted by Crippen LogP contribution is 2.34. The summed E-state index contributed by atoms with van der Waals surface area (Å²) in [5.41, 5.74) is 3.19. The molecule has 0 aromatic heterocycles. The van der Waals surface area contributed by atoms with Crippen molar-refractivity contribution in [3.05, 3.63) is 65.7 Å². The van der Waals surface area contributed by atoms with Gasteiger partial charge in [0, 0.05) is 43.7 Å². The number of rotatable bonds is 5. The van der Waals surface area contributed by atoms with Crippen molar-refractivity contribution in [1.82, 2.24) is 9.80 Å². The van der Waals surface area contributed by atoms with Gasteiger partial charge in [0.25, 0.3) is 0 Å². The van der Waals surface area contributed by atoms with Gasteiger partial charge in [-0.15, -0.1) is 0 Å². The van der Waals surface area contributed by atoms with Gasteiger partial charge in [-0.2, -0.15) is 0 Å². The number of hydrogen-bond donors (Lipinski definition) is 1. The molecule has 0 spiro atoms. The van der Waals surface area contributed by atoms with Crippen molar-refractivity contribution in [3.63, 3.8) is 0 Å². The maximum absolute atomic E-state index is 12.8. The minimum absolute atomic E-state index is 0.0301. The van der Waals surface area contributed by atoms with Crippen LogP contribution in [-0.2, 0) is 27.6 Å². The molecule has 3 aliphatic rings. The average Bonchev–Trinajstić information content (AvgIpc) is 3.28. The normalized spacial score (nSPS) is 24.4. The number of sulfone groups is 1. The van der Waals surface area contributed by atoms with E-state index in [4.69, 9.17) is 0 Å². The van der Waals surface area contributed by atoms with Gasteiger partial charge in [0.1, 0.15) is 0 Å². The monoisotopic (exact) mass is 484 g/mol. The Balaban J connectivity index is 1.09. The summed E-state index contributed by atoms with van der Waals surface area (Å²) in [7, 11) is -2.94. The number of hydrogen-bond acceptors (Lipinski definition) is 7. The molecule has 174 valence electrons. The number of nitrogens with zero attached hydrogens (tertiary/aromatic N) is 3. The molecule has 2 atom stereocenters. The first-order chi connectivity index (χ1) is 15.9. The summed E-state index contributed by atoms with van der Waals surface area (Å²) in [6, 6.07) is 18.2. The van der Waals surface area contributed by atoms with Gasteiger partial charge >= 0.3 is 0 Å². The fraction of sp³-hybridized carbons (Fsp3) is 0.417. The van der Waals surface area contributed by atoms with Crippen molar-refractivity contribution < 1.29 is 13.2 Å². The number of carbonyl (C=O) groups excluding carboxylic acids is 1.